The highest BCUT2D eigenvalue weighted by Gasteiger charge is 2.16. The summed E-state index contributed by atoms with van der Waals surface area (Å²) in [5, 5.41) is 13.2. The van der Waals surface area contributed by atoms with Crippen LogP contribution >= 0.6 is 11.6 Å². The largest absolute Gasteiger partial charge is 0.362 e. The van der Waals surface area contributed by atoms with Gasteiger partial charge in [-0.15, -0.1) is 5.10 Å². The summed E-state index contributed by atoms with van der Waals surface area (Å²) in [6.07, 6.45) is 3.43. The highest BCUT2D eigenvalue weighted by molar-refractivity contribution is 6.30. The van der Waals surface area contributed by atoms with Gasteiger partial charge in [-0.2, -0.15) is 5.10 Å². The Kier molecular flexibility index (Phi) is 4.88. The lowest BCUT2D eigenvalue weighted by atomic mass is 10.1. The number of nitrogens with one attached hydrogen (secondary N) is 1. The number of hydrogen-bond donors (Lipinski definition) is 1. The fourth-order valence-electron chi connectivity index (χ4n) is 3.51. The van der Waals surface area contributed by atoms with E-state index >= 15 is 0 Å². The van der Waals surface area contributed by atoms with E-state index in [1.807, 2.05) is 78.5 Å². The molecule has 8 heteroatoms. The summed E-state index contributed by atoms with van der Waals surface area (Å²) in [5.41, 5.74) is 4.71. The second-order valence-electron chi connectivity index (χ2n) is 7.36. The van der Waals surface area contributed by atoms with Crippen LogP contribution in [0.2, 0.25) is 5.02 Å². The summed E-state index contributed by atoms with van der Waals surface area (Å²) < 4.78 is 3.59. The molecule has 0 aliphatic heterocycles. The number of nitrogens with zero attached hydrogens (tertiary/aromatic N) is 6. The zero-order valence-corrected chi connectivity index (χ0v) is 17.8. The number of aromatic nitrogens is 6. The second-order valence-corrected chi connectivity index (χ2v) is 7.80. The van der Waals surface area contributed by atoms with E-state index in [1.54, 1.807) is 10.8 Å². The third-order valence-electron chi connectivity index (χ3n) is 5.11. The van der Waals surface area contributed by atoms with Crippen LogP contribution in [0, 0.1) is 6.92 Å². The molecule has 0 amide bonds. The van der Waals surface area contributed by atoms with Crippen LogP contribution in [-0.2, 0) is 0 Å². The number of anilines is 1. The van der Waals surface area contributed by atoms with Gasteiger partial charge in [0.05, 0.1) is 11.7 Å². The molecule has 1 atom stereocenters. The molecule has 7 nitrogen and oxygen atoms in total. The first-order valence-electron chi connectivity index (χ1n) is 9.93. The molecule has 4 aromatic heterocycles. The van der Waals surface area contributed by atoms with Crippen molar-refractivity contribution in [3.63, 3.8) is 0 Å². The van der Waals surface area contributed by atoms with Gasteiger partial charge in [-0.25, -0.2) is 19.2 Å². The van der Waals surface area contributed by atoms with Gasteiger partial charge in [0.2, 0.25) is 0 Å². The van der Waals surface area contributed by atoms with E-state index < -0.39 is 0 Å². The van der Waals surface area contributed by atoms with Crippen molar-refractivity contribution in [3.05, 3.63) is 89.5 Å². The Morgan fingerprint density at radius 3 is 2.68 bits per heavy atom. The molecule has 0 aliphatic rings. The number of benzene rings is 1. The summed E-state index contributed by atoms with van der Waals surface area (Å²) in [4.78, 5) is 8.97. The molecule has 5 aromatic rings. The maximum absolute atomic E-state index is 6.03. The predicted octanol–water partition coefficient (Wildman–Crippen LogP) is 5.11. The molecule has 4 heterocycles. The fraction of sp³-hybridized carbons (Fsp3) is 0.130. The monoisotopic (exact) mass is 429 g/mol. The summed E-state index contributed by atoms with van der Waals surface area (Å²) in [6.45, 7) is 4.06. The van der Waals surface area contributed by atoms with Gasteiger partial charge < -0.3 is 5.32 Å². The van der Waals surface area contributed by atoms with Crippen molar-refractivity contribution in [2.24, 2.45) is 0 Å². The average molecular weight is 430 g/mol. The molecule has 1 N–H and O–H groups in total. The minimum atomic E-state index is 0.0536. The molecule has 0 spiro atoms. The molecule has 0 saturated heterocycles. The quantitative estimate of drug-likeness (QED) is 0.420. The molecule has 31 heavy (non-hydrogen) atoms. The summed E-state index contributed by atoms with van der Waals surface area (Å²) >= 11 is 6.03. The third-order valence-corrected chi connectivity index (χ3v) is 5.36. The van der Waals surface area contributed by atoms with Crippen molar-refractivity contribution >= 4 is 23.1 Å². The topological polar surface area (TPSA) is 72.9 Å². The van der Waals surface area contributed by atoms with Crippen LogP contribution in [-0.4, -0.2) is 29.4 Å². The first-order chi connectivity index (χ1) is 15.1. The Labute approximate surface area is 184 Å². The molecule has 5 rings (SSSR count). The summed E-state index contributed by atoms with van der Waals surface area (Å²) in [5.74, 6) is 1.51. The lowest BCUT2D eigenvalue weighted by Gasteiger charge is -2.13. The smallest absolute Gasteiger partial charge is 0.155 e. The SMILES string of the molecule is Cc1cccc(-n2nc(NC(C)c3ccc(Cl)cc3)cc2-c2ccn3ncnc3c2)n1. The van der Waals surface area contributed by atoms with Crippen LogP contribution in [0.1, 0.15) is 24.2 Å². The normalized spacial score (nSPS) is 12.2. The first-order valence-corrected chi connectivity index (χ1v) is 10.3. The minimum Gasteiger partial charge on any atom is -0.362 e. The number of pyridine rings is 2. The number of halogens is 1. The van der Waals surface area contributed by atoms with Crippen molar-refractivity contribution in [2.75, 3.05) is 5.32 Å². The van der Waals surface area contributed by atoms with E-state index in [-0.39, 0.29) is 6.04 Å². The molecule has 0 saturated carbocycles. The minimum absolute atomic E-state index is 0.0536. The zero-order chi connectivity index (χ0) is 21.4. The van der Waals surface area contributed by atoms with Gasteiger partial charge in [0.25, 0.3) is 0 Å². The Morgan fingerprint density at radius 1 is 1.03 bits per heavy atom. The standard InChI is InChI=1S/C23H20ClN7/c1-15-4-3-5-22(27-15)31-20(18-10-11-30-23(12-18)25-14-26-30)13-21(29-31)28-16(2)17-6-8-19(24)9-7-17/h3-14,16H,1-2H3,(H,28,29). The fourth-order valence-corrected chi connectivity index (χ4v) is 3.64. The Hall–Kier alpha value is -3.71. The molecule has 0 aliphatic carbocycles. The first kappa shape index (κ1) is 19.3. The zero-order valence-electron chi connectivity index (χ0n) is 17.1. The van der Waals surface area contributed by atoms with Crippen LogP contribution in [0.4, 0.5) is 5.82 Å². The van der Waals surface area contributed by atoms with Gasteiger partial charge in [-0.1, -0.05) is 29.8 Å². The molecular formula is C23H20ClN7. The van der Waals surface area contributed by atoms with Gasteiger partial charge in [0.15, 0.2) is 11.5 Å². The molecule has 0 fully saturated rings. The maximum atomic E-state index is 6.03. The molecular weight excluding hydrogens is 410 g/mol. The molecule has 154 valence electrons. The van der Waals surface area contributed by atoms with Gasteiger partial charge in [-0.3, -0.25) is 0 Å². The van der Waals surface area contributed by atoms with E-state index in [2.05, 4.69) is 27.3 Å². The Morgan fingerprint density at radius 2 is 1.87 bits per heavy atom. The van der Waals surface area contributed by atoms with Crippen molar-refractivity contribution in [2.45, 2.75) is 19.9 Å². The van der Waals surface area contributed by atoms with E-state index in [0.717, 1.165) is 44.8 Å². The second kappa shape index (κ2) is 7.85. The van der Waals surface area contributed by atoms with E-state index in [4.69, 9.17) is 16.7 Å². The van der Waals surface area contributed by atoms with Crippen LogP contribution < -0.4 is 5.32 Å². The van der Waals surface area contributed by atoms with Crippen LogP contribution in [0.15, 0.2) is 73.2 Å². The van der Waals surface area contributed by atoms with Gasteiger partial charge in [0, 0.05) is 28.5 Å². The van der Waals surface area contributed by atoms with Gasteiger partial charge in [-0.05, 0) is 55.8 Å². The molecule has 0 bridgehead atoms. The van der Waals surface area contributed by atoms with Gasteiger partial charge >= 0.3 is 0 Å². The summed E-state index contributed by atoms with van der Waals surface area (Å²) in [6, 6.07) is 19.8. The van der Waals surface area contributed by atoms with Crippen LogP contribution in [0.3, 0.4) is 0 Å². The summed E-state index contributed by atoms with van der Waals surface area (Å²) in [7, 11) is 0. The highest BCUT2D eigenvalue weighted by atomic mass is 35.5. The van der Waals surface area contributed by atoms with E-state index in [9.17, 15) is 0 Å². The molecule has 0 radical (unpaired) electrons. The van der Waals surface area contributed by atoms with Crippen LogP contribution in [0.5, 0.6) is 0 Å². The number of aryl methyl sites for hydroxylation is 1. The highest BCUT2D eigenvalue weighted by Crippen LogP contribution is 2.28. The molecule has 1 aromatic carbocycles. The number of fused-ring (bicyclic) bond motifs is 1. The van der Waals surface area contributed by atoms with Crippen LogP contribution in [0.25, 0.3) is 22.7 Å². The number of rotatable bonds is 5. The Balaban J connectivity index is 1.57. The van der Waals surface area contributed by atoms with Crippen molar-refractivity contribution in [1.29, 1.82) is 0 Å². The Bertz CT molecular complexity index is 1350. The molecule has 1 unspecified atom stereocenters. The number of hydrogen-bond acceptors (Lipinski definition) is 5. The van der Waals surface area contributed by atoms with E-state index in [1.165, 1.54) is 0 Å². The lowest BCUT2D eigenvalue weighted by molar-refractivity contribution is 0.822. The van der Waals surface area contributed by atoms with E-state index in [0.29, 0.717) is 0 Å². The van der Waals surface area contributed by atoms with Gasteiger partial charge in [0.1, 0.15) is 12.1 Å². The van der Waals surface area contributed by atoms with Crippen molar-refractivity contribution in [1.82, 2.24) is 29.4 Å². The predicted molar refractivity (Wildman–Crippen MR) is 122 cm³/mol. The van der Waals surface area contributed by atoms with Crippen molar-refractivity contribution in [3.8, 4) is 17.1 Å². The maximum Gasteiger partial charge on any atom is 0.155 e. The van der Waals surface area contributed by atoms with Crippen molar-refractivity contribution < 1.29 is 0 Å². The lowest BCUT2D eigenvalue weighted by Crippen LogP contribution is -2.08. The average Bonchev–Trinajstić information content (AvgIpc) is 3.40. The third kappa shape index (κ3) is 3.87.